The van der Waals surface area contributed by atoms with Gasteiger partial charge in [-0.15, -0.1) is 0 Å². The summed E-state index contributed by atoms with van der Waals surface area (Å²) in [6, 6.07) is 0. The van der Waals surface area contributed by atoms with Crippen molar-refractivity contribution in [2.45, 2.75) is 45.4 Å². The lowest BCUT2D eigenvalue weighted by atomic mass is 10.00. The maximum Gasteiger partial charge on any atom is 0.135 e. The lowest BCUT2D eigenvalue weighted by Gasteiger charge is -2.04. The molecule has 1 fully saturated rings. The first-order valence-corrected chi connectivity index (χ1v) is 4.98. The quantitative estimate of drug-likeness (QED) is 0.463. The summed E-state index contributed by atoms with van der Waals surface area (Å²) in [5.74, 6) is 0.922. The molecule has 1 atom stereocenters. The molecule has 0 aromatic carbocycles. The Balaban J connectivity index is 2.10. The van der Waals surface area contributed by atoms with Gasteiger partial charge in [0.25, 0.3) is 0 Å². The fourth-order valence-corrected chi connectivity index (χ4v) is 1.84. The highest BCUT2D eigenvalue weighted by Gasteiger charge is 2.22. The maximum absolute atomic E-state index is 11.2. The van der Waals surface area contributed by atoms with Gasteiger partial charge in [-0.05, 0) is 39.0 Å². The zero-order valence-corrected chi connectivity index (χ0v) is 7.88. The number of Topliss-reactive ketones (excluding diaryl/α,β-unsaturated/α-hetero) is 1. The summed E-state index contributed by atoms with van der Waals surface area (Å²) in [4.78, 5) is 11.2. The van der Waals surface area contributed by atoms with Crippen LogP contribution in [0.5, 0.6) is 0 Å². The van der Waals surface area contributed by atoms with Gasteiger partial charge >= 0.3 is 0 Å². The van der Waals surface area contributed by atoms with E-state index in [0.717, 1.165) is 32.1 Å². The highest BCUT2D eigenvalue weighted by molar-refractivity contribution is 5.82. The molecule has 0 amide bonds. The van der Waals surface area contributed by atoms with E-state index in [-0.39, 0.29) is 0 Å². The molecular formula is C11H18O. The Morgan fingerprint density at radius 2 is 2.42 bits per heavy atom. The number of allylic oxidation sites excluding steroid dienone is 2. The van der Waals surface area contributed by atoms with Crippen molar-refractivity contribution in [3.63, 3.8) is 0 Å². The zero-order valence-electron chi connectivity index (χ0n) is 7.88. The van der Waals surface area contributed by atoms with Crippen molar-refractivity contribution in [3.05, 3.63) is 12.2 Å². The van der Waals surface area contributed by atoms with E-state index in [1.165, 1.54) is 6.42 Å². The minimum atomic E-state index is 0.412. The van der Waals surface area contributed by atoms with Crippen LogP contribution in [-0.4, -0.2) is 5.78 Å². The molecule has 0 aromatic heterocycles. The number of hydrogen-bond donors (Lipinski definition) is 0. The van der Waals surface area contributed by atoms with Crippen LogP contribution in [-0.2, 0) is 4.79 Å². The van der Waals surface area contributed by atoms with Gasteiger partial charge in [-0.1, -0.05) is 12.2 Å². The third-order valence-corrected chi connectivity index (χ3v) is 2.59. The first kappa shape index (κ1) is 9.50. The zero-order chi connectivity index (χ0) is 8.81. The second-order valence-corrected chi connectivity index (χ2v) is 3.56. The summed E-state index contributed by atoms with van der Waals surface area (Å²) < 4.78 is 0. The molecule has 68 valence electrons. The molecule has 1 saturated carbocycles. The van der Waals surface area contributed by atoms with Crippen molar-refractivity contribution in [2.24, 2.45) is 5.92 Å². The Kier molecular flexibility index (Phi) is 4.06. The molecule has 0 aromatic rings. The summed E-state index contributed by atoms with van der Waals surface area (Å²) in [6.45, 7) is 2.04. The van der Waals surface area contributed by atoms with Crippen LogP contribution >= 0.6 is 0 Å². The van der Waals surface area contributed by atoms with Gasteiger partial charge in [0.2, 0.25) is 0 Å². The van der Waals surface area contributed by atoms with Gasteiger partial charge in [-0.2, -0.15) is 0 Å². The van der Waals surface area contributed by atoms with Crippen LogP contribution < -0.4 is 0 Å². The van der Waals surface area contributed by atoms with E-state index in [0.29, 0.717) is 11.7 Å². The number of rotatable bonds is 4. The molecule has 0 heterocycles. The van der Waals surface area contributed by atoms with E-state index < -0.39 is 0 Å². The second-order valence-electron chi connectivity index (χ2n) is 3.56. The molecule has 0 radical (unpaired) electrons. The van der Waals surface area contributed by atoms with Crippen molar-refractivity contribution in [1.82, 2.24) is 0 Å². The largest absolute Gasteiger partial charge is 0.299 e. The van der Waals surface area contributed by atoms with Crippen molar-refractivity contribution in [1.29, 1.82) is 0 Å². The summed E-state index contributed by atoms with van der Waals surface area (Å²) in [5.41, 5.74) is 0. The molecule has 0 aliphatic heterocycles. The molecule has 1 heteroatoms. The van der Waals surface area contributed by atoms with Crippen molar-refractivity contribution < 1.29 is 4.79 Å². The van der Waals surface area contributed by atoms with Gasteiger partial charge in [-0.25, -0.2) is 0 Å². The van der Waals surface area contributed by atoms with Crippen molar-refractivity contribution >= 4 is 5.78 Å². The van der Waals surface area contributed by atoms with Crippen LogP contribution in [0, 0.1) is 5.92 Å². The van der Waals surface area contributed by atoms with Gasteiger partial charge in [-0.3, -0.25) is 4.79 Å². The number of ketones is 1. The van der Waals surface area contributed by atoms with Crippen LogP contribution in [0.3, 0.4) is 0 Å². The van der Waals surface area contributed by atoms with Gasteiger partial charge in [0.1, 0.15) is 5.78 Å². The number of unbranched alkanes of at least 4 members (excludes halogenated alkanes) is 1. The highest BCUT2D eigenvalue weighted by Crippen LogP contribution is 2.25. The van der Waals surface area contributed by atoms with Gasteiger partial charge in [0, 0.05) is 12.3 Å². The number of hydrogen-bond acceptors (Lipinski definition) is 1. The van der Waals surface area contributed by atoms with Crippen LogP contribution in [0.1, 0.15) is 45.4 Å². The van der Waals surface area contributed by atoms with E-state index in [4.69, 9.17) is 0 Å². The fraction of sp³-hybridized carbons (Fsp3) is 0.727. The number of carbonyl (C=O) groups excluding carboxylic acids is 1. The topological polar surface area (TPSA) is 17.1 Å². The molecule has 0 N–H and O–H groups in total. The average Bonchev–Trinajstić information content (AvgIpc) is 2.46. The van der Waals surface area contributed by atoms with Crippen LogP contribution in [0.25, 0.3) is 0 Å². The predicted octanol–water partition coefficient (Wildman–Crippen LogP) is 3.10. The first-order chi connectivity index (χ1) is 5.84. The summed E-state index contributed by atoms with van der Waals surface area (Å²) >= 11 is 0. The summed E-state index contributed by atoms with van der Waals surface area (Å²) in [7, 11) is 0. The fourth-order valence-electron chi connectivity index (χ4n) is 1.84. The van der Waals surface area contributed by atoms with Crippen molar-refractivity contribution in [3.8, 4) is 0 Å². The minimum absolute atomic E-state index is 0.412. The third-order valence-electron chi connectivity index (χ3n) is 2.59. The Morgan fingerprint density at radius 1 is 1.58 bits per heavy atom. The van der Waals surface area contributed by atoms with E-state index in [1.807, 2.05) is 6.92 Å². The Morgan fingerprint density at radius 3 is 3.00 bits per heavy atom. The van der Waals surface area contributed by atoms with Crippen LogP contribution in [0.15, 0.2) is 12.2 Å². The smallest absolute Gasteiger partial charge is 0.135 e. The highest BCUT2D eigenvalue weighted by atomic mass is 16.1. The minimum Gasteiger partial charge on any atom is -0.299 e. The molecule has 1 aliphatic rings. The second kappa shape index (κ2) is 5.13. The molecule has 1 nitrogen and oxygen atoms in total. The van der Waals surface area contributed by atoms with Gasteiger partial charge in [0.05, 0.1) is 0 Å². The molecule has 0 spiro atoms. The third kappa shape index (κ3) is 2.80. The van der Waals surface area contributed by atoms with Crippen LogP contribution in [0.2, 0.25) is 0 Å². The molecular weight excluding hydrogens is 148 g/mol. The van der Waals surface area contributed by atoms with Crippen LogP contribution in [0.4, 0.5) is 0 Å². The van der Waals surface area contributed by atoms with Gasteiger partial charge in [0.15, 0.2) is 0 Å². The molecule has 0 saturated heterocycles. The lowest BCUT2D eigenvalue weighted by Crippen LogP contribution is -2.05. The van der Waals surface area contributed by atoms with E-state index in [1.54, 1.807) is 0 Å². The lowest BCUT2D eigenvalue weighted by molar-refractivity contribution is -0.120. The SMILES string of the molecule is C/C=C/CCCC1CCCC1=O. The van der Waals surface area contributed by atoms with Gasteiger partial charge < -0.3 is 0 Å². The number of carbonyl (C=O) groups is 1. The van der Waals surface area contributed by atoms with Crippen molar-refractivity contribution in [2.75, 3.05) is 0 Å². The molecule has 12 heavy (non-hydrogen) atoms. The Bertz CT molecular complexity index is 170. The molecule has 0 bridgehead atoms. The molecule has 1 aliphatic carbocycles. The van der Waals surface area contributed by atoms with E-state index >= 15 is 0 Å². The van der Waals surface area contributed by atoms with E-state index in [9.17, 15) is 4.79 Å². The standard InChI is InChI=1S/C11H18O/c1-2-3-4-5-7-10-8-6-9-11(10)12/h2-3,10H,4-9H2,1H3/b3-2+. The Labute approximate surface area is 74.9 Å². The first-order valence-electron chi connectivity index (χ1n) is 4.98. The molecule has 1 unspecified atom stereocenters. The normalized spacial score (nSPS) is 24.1. The predicted molar refractivity (Wildman–Crippen MR) is 51.0 cm³/mol. The average molecular weight is 166 g/mol. The van der Waals surface area contributed by atoms with E-state index in [2.05, 4.69) is 12.2 Å². The Hall–Kier alpha value is -0.590. The maximum atomic E-state index is 11.2. The monoisotopic (exact) mass is 166 g/mol. The summed E-state index contributed by atoms with van der Waals surface area (Å²) in [6.07, 6.45) is 10.8. The molecule has 1 rings (SSSR count). The summed E-state index contributed by atoms with van der Waals surface area (Å²) in [5, 5.41) is 0.